The highest BCUT2D eigenvalue weighted by Gasteiger charge is 2.38. The maximum absolute atomic E-state index is 6.17. The van der Waals surface area contributed by atoms with E-state index in [1.54, 1.807) is 0 Å². The summed E-state index contributed by atoms with van der Waals surface area (Å²) in [5, 5.41) is 0.270. The van der Waals surface area contributed by atoms with Crippen LogP contribution >= 0.6 is 22.6 Å². The third-order valence-electron chi connectivity index (χ3n) is 3.16. The van der Waals surface area contributed by atoms with Crippen LogP contribution in [-0.4, -0.2) is 31.6 Å². The van der Waals surface area contributed by atoms with Crippen LogP contribution in [0.3, 0.4) is 0 Å². The Kier molecular flexibility index (Phi) is 6.49. The molecule has 0 atom stereocenters. The van der Waals surface area contributed by atoms with Gasteiger partial charge in [-0.3, -0.25) is 0 Å². The maximum Gasteiger partial charge on any atom is 0.192 e. The molecule has 4 heteroatoms. The van der Waals surface area contributed by atoms with E-state index in [2.05, 4.69) is 70.3 Å². The molecule has 0 N–H and O–H groups in total. The Morgan fingerprint density at radius 2 is 1.56 bits per heavy atom. The van der Waals surface area contributed by atoms with Crippen LogP contribution in [0, 0.1) is 0 Å². The van der Waals surface area contributed by atoms with Crippen LogP contribution in [0.25, 0.3) is 0 Å². The lowest BCUT2D eigenvalue weighted by molar-refractivity contribution is -0.0420. The monoisotopic (exact) mass is 358 g/mol. The summed E-state index contributed by atoms with van der Waals surface area (Å²) in [7, 11) is -1.64. The van der Waals surface area contributed by atoms with Crippen molar-refractivity contribution in [1.29, 1.82) is 0 Å². The highest BCUT2D eigenvalue weighted by molar-refractivity contribution is 14.1. The molecule has 0 amide bonds. The lowest BCUT2D eigenvalue weighted by Crippen LogP contribution is -2.45. The quantitative estimate of drug-likeness (QED) is 0.402. The van der Waals surface area contributed by atoms with Crippen molar-refractivity contribution in [2.24, 2.45) is 0 Å². The molecule has 98 valence electrons. The summed E-state index contributed by atoms with van der Waals surface area (Å²) in [6.45, 7) is 17.0. The topological polar surface area (TPSA) is 18.5 Å². The zero-order valence-electron chi connectivity index (χ0n) is 11.8. The van der Waals surface area contributed by atoms with Crippen LogP contribution in [0.5, 0.6) is 0 Å². The molecule has 0 aliphatic carbocycles. The number of rotatable bonds is 6. The van der Waals surface area contributed by atoms with Gasteiger partial charge in [0.05, 0.1) is 18.8 Å². The van der Waals surface area contributed by atoms with E-state index in [4.69, 9.17) is 9.16 Å². The van der Waals surface area contributed by atoms with Gasteiger partial charge in [0.2, 0.25) is 0 Å². The molecule has 0 aromatic carbocycles. The summed E-state index contributed by atoms with van der Waals surface area (Å²) in [6, 6.07) is 0. The third kappa shape index (κ3) is 5.98. The third-order valence-corrected chi connectivity index (χ3v) is 8.08. The Labute approximate surface area is 116 Å². The van der Waals surface area contributed by atoms with Crippen LogP contribution in [-0.2, 0) is 9.16 Å². The Morgan fingerprint density at radius 3 is 1.94 bits per heavy atom. The summed E-state index contributed by atoms with van der Waals surface area (Å²) < 4.78 is 13.0. The molecule has 0 rings (SSSR count). The zero-order valence-corrected chi connectivity index (χ0v) is 15.0. The highest BCUT2D eigenvalue weighted by Crippen LogP contribution is 2.37. The van der Waals surface area contributed by atoms with Gasteiger partial charge in [0.1, 0.15) is 0 Å². The maximum atomic E-state index is 6.17. The summed E-state index contributed by atoms with van der Waals surface area (Å²) in [5.74, 6) is 0. The first-order chi connectivity index (χ1) is 7.02. The predicted molar refractivity (Wildman–Crippen MR) is 82.1 cm³/mol. The number of ether oxygens (including phenoxy) is 1. The van der Waals surface area contributed by atoms with E-state index in [1.807, 2.05) is 0 Å². The molecular weight excluding hydrogens is 331 g/mol. The van der Waals surface area contributed by atoms with E-state index in [-0.39, 0.29) is 10.6 Å². The molecule has 2 nitrogen and oxygen atoms in total. The largest absolute Gasteiger partial charge is 0.414 e. The minimum atomic E-state index is -1.64. The van der Waals surface area contributed by atoms with E-state index in [0.29, 0.717) is 6.61 Å². The molecule has 0 aliphatic rings. The van der Waals surface area contributed by atoms with Crippen LogP contribution < -0.4 is 0 Å². The minimum Gasteiger partial charge on any atom is -0.414 e. The van der Waals surface area contributed by atoms with Crippen molar-refractivity contribution in [2.75, 3.05) is 17.6 Å². The summed E-state index contributed by atoms with van der Waals surface area (Å²) in [4.78, 5) is 0. The van der Waals surface area contributed by atoms with Gasteiger partial charge in [0.15, 0.2) is 8.32 Å². The molecule has 0 radical (unpaired) electrons. The van der Waals surface area contributed by atoms with Crippen molar-refractivity contribution < 1.29 is 9.16 Å². The second-order valence-corrected chi connectivity index (χ2v) is 12.2. The molecule has 0 unspecified atom stereocenters. The molecule has 0 heterocycles. The van der Waals surface area contributed by atoms with Crippen LogP contribution in [0.2, 0.25) is 18.1 Å². The first kappa shape index (κ1) is 16.9. The Morgan fingerprint density at radius 1 is 1.06 bits per heavy atom. The summed E-state index contributed by atoms with van der Waals surface area (Å²) in [6.07, 6.45) is 0. The fraction of sp³-hybridized carbons (Fsp3) is 1.00. The van der Waals surface area contributed by atoms with E-state index in [1.165, 1.54) is 0 Å². The predicted octanol–water partition coefficient (Wildman–Crippen LogP) is 4.24. The highest BCUT2D eigenvalue weighted by atomic mass is 127. The molecule has 0 fully saturated rings. The fourth-order valence-electron chi connectivity index (χ4n) is 0.927. The van der Waals surface area contributed by atoms with Gasteiger partial charge in [-0.15, -0.1) is 0 Å². The first-order valence-corrected chi connectivity index (χ1v) is 10.3. The molecule has 0 spiro atoms. The van der Waals surface area contributed by atoms with Gasteiger partial charge in [-0.2, -0.15) is 0 Å². The average Bonchev–Trinajstić information content (AvgIpc) is 2.10. The molecule has 0 bridgehead atoms. The lowest BCUT2D eigenvalue weighted by atomic mass is 10.1. The van der Waals surface area contributed by atoms with E-state index in [0.717, 1.165) is 11.0 Å². The normalized spacial score (nSPS) is 14.2. The van der Waals surface area contributed by atoms with Gasteiger partial charge in [-0.05, 0) is 32.0 Å². The van der Waals surface area contributed by atoms with Crippen molar-refractivity contribution >= 4 is 30.9 Å². The zero-order chi connectivity index (χ0) is 13.0. The Balaban J connectivity index is 4.23. The second-order valence-electron chi connectivity index (χ2n) is 6.35. The van der Waals surface area contributed by atoms with Crippen molar-refractivity contribution in [2.45, 2.75) is 58.4 Å². The molecule has 0 aliphatic heterocycles. The Hall–Kier alpha value is 0.867. The molecule has 16 heavy (non-hydrogen) atoms. The van der Waals surface area contributed by atoms with Gasteiger partial charge in [-0.25, -0.2) is 0 Å². The van der Waals surface area contributed by atoms with Crippen molar-refractivity contribution in [1.82, 2.24) is 0 Å². The van der Waals surface area contributed by atoms with E-state index >= 15 is 0 Å². The van der Waals surface area contributed by atoms with E-state index in [9.17, 15) is 0 Å². The standard InChI is InChI=1S/C12H27IO2Si/c1-11(2,3)16(6,7)15-10-12(4,5)14-9-8-13/h8-10H2,1-7H3. The summed E-state index contributed by atoms with van der Waals surface area (Å²) in [5.41, 5.74) is -0.166. The Bertz CT molecular complexity index is 210. The van der Waals surface area contributed by atoms with Crippen LogP contribution in [0.4, 0.5) is 0 Å². The second kappa shape index (κ2) is 6.16. The molecular formula is C12H27IO2Si. The van der Waals surface area contributed by atoms with Gasteiger partial charge >= 0.3 is 0 Å². The lowest BCUT2D eigenvalue weighted by Gasteiger charge is -2.38. The van der Waals surface area contributed by atoms with Gasteiger partial charge in [0.25, 0.3) is 0 Å². The van der Waals surface area contributed by atoms with Gasteiger partial charge in [0, 0.05) is 4.43 Å². The minimum absolute atomic E-state index is 0.166. The number of hydrogen-bond donors (Lipinski definition) is 0. The smallest absolute Gasteiger partial charge is 0.192 e. The first-order valence-electron chi connectivity index (χ1n) is 5.86. The van der Waals surface area contributed by atoms with Gasteiger partial charge < -0.3 is 9.16 Å². The number of alkyl halides is 1. The fourth-order valence-corrected chi connectivity index (χ4v) is 2.29. The van der Waals surface area contributed by atoms with Crippen molar-refractivity contribution in [3.05, 3.63) is 0 Å². The molecule has 0 saturated heterocycles. The van der Waals surface area contributed by atoms with Crippen molar-refractivity contribution in [3.63, 3.8) is 0 Å². The van der Waals surface area contributed by atoms with Crippen LogP contribution in [0.1, 0.15) is 34.6 Å². The SMILES string of the molecule is CC(C)(CO[Si](C)(C)C(C)(C)C)OCCI. The average molecular weight is 358 g/mol. The number of halogens is 1. The molecule has 0 saturated carbocycles. The van der Waals surface area contributed by atoms with E-state index < -0.39 is 8.32 Å². The summed E-state index contributed by atoms with van der Waals surface area (Å²) >= 11 is 2.33. The van der Waals surface area contributed by atoms with Gasteiger partial charge in [-0.1, -0.05) is 43.4 Å². The molecule has 0 aromatic rings. The number of hydrogen-bond acceptors (Lipinski definition) is 2. The van der Waals surface area contributed by atoms with Crippen molar-refractivity contribution in [3.8, 4) is 0 Å². The van der Waals surface area contributed by atoms with Crippen LogP contribution in [0.15, 0.2) is 0 Å². The molecule has 0 aromatic heterocycles.